The summed E-state index contributed by atoms with van der Waals surface area (Å²) in [5.41, 5.74) is 7.48. The Hall–Kier alpha value is -5.20. The van der Waals surface area contributed by atoms with Crippen molar-refractivity contribution in [1.82, 2.24) is 0 Å². The maximum absolute atomic E-state index is 2.37. The molecule has 0 bridgehead atoms. The molecule has 0 N–H and O–H groups in total. The van der Waals surface area contributed by atoms with E-state index in [9.17, 15) is 0 Å². The molecule has 0 heteroatoms. The zero-order valence-electron chi connectivity index (χ0n) is 22.0. The van der Waals surface area contributed by atoms with E-state index in [1.165, 1.54) is 76.5 Å². The van der Waals surface area contributed by atoms with Crippen LogP contribution in [0.3, 0.4) is 0 Å². The van der Waals surface area contributed by atoms with Gasteiger partial charge in [0.15, 0.2) is 0 Å². The lowest BCUT2D eigenvalue weighted by molar-refractivity contribution is 1.63. The molecule has 0 unspecified atom stereocenters. The predicted octanol–water partition coefficient (Wildman–Crippen LogP) is 11.3. The van der Waals surface area contributed by atoms with E-state index in [1.54, 1.807) is 0 Å². The van der Waals surface area contributed by atoms with Crippen molar-refractivity contribution in [1.29, 1.82) is 0 Å². The normalized spacial score (nSPS) is 11.5. The number of fused-ring (bicyclic) bond motifs is 5. The summed E-state index contributed by atoms with van der Waals surface area (Å²) in [6, 6.07) is 57.6. The highest BCUT2D eigenvalue weighted by atomic mass is 14.2. The molecule has 0 aromatic heterocycles. The maximum atomic E-state index is 2.37. The molecule has 0 aliphatic rings. The van der Waals surface area contributed by atoms with Gasteiger partial charge in [-0.05, 0) is 94.7 Å². The highest BCUT2D eigenvalue weighted by Gasteiger charge is 2.12. The van der Waals surface area contributed by atoms with Gasteiger partial charge in [0.25, 0.3) is 0 Å². The average molecular weight is 507 g/mol. The van der Waals surface area contributed by atoms with Gasteiger partial charge in [-0.2, -0.15) is 0 Å². The van der Waals surface area contributed by atoms with Crippen LogP contribution in [0.1, 0.15) is 0 Å². The Labute approximate surface area is 233 Å². The molecule has 0 nitrogen and oxygen atoms in total. The largest absolute Gasteiger partial charge is 0.0616 e. The van der Waals surface area contributed by atoms with Crippen LogP contribution >= 0.6 is 0 Å². The van der Waals surface area contributed by atoms with Crippen molar-refractivity contribution in [2.24, 2.45) is 0 Å². The zero-order valence-corrected chi connectivity index (χ0v) is 22.0. The van der Waals surface area contributed by atoms with Gasteiger partial charge in [-0.25, -0.2) is 0 Å². The topological polar surface area (TPSA) is 0 Å². The van der Waals surface area contributed by atoms with Gasteiger partial charge in [0.2, 0.25) is 0 Å². The standard InChI is InChI=1S/C40H26/c1-2-10-31-24-32(21-16-27(31)8-1)33-22-23-38-37-14-6-4-11-34(37)26-39(40(38)25-33)30-19-17-29(18-20-30)36-15-7-12-28-9-3-5-13-35(28)36/h1-26H. The number of hydrogen-bond donors (Lipinski definition) is 0. The minimum Gasteiger partial charge on any atom is -0.0616 e. The summed E-state index contributed by atoms with van der Waals surface area (Å²) < 4.78 is 0. The number of benzene rings is 8. The first kappa shape index (κ1) is 22.8. The van der Waals surface area contributed by atoms with Gasteiger partial charge in [0, 0.05) is 0 Å². The van der Waals surface area contributed by atoms with E-state index in [0.717, 1.165) is 0 Å². The fraction of sp³-hybridized carbons (Fsp3) is 0. The van der Waals surface area contributed by atoms with E-state index in [1.807, 2.05) is 0 Å². The lowest BCUT2D eigenvalue weighted by Crippen LogP contribution is -1.87. The second-order valence-electron chi connectivity index (χ2n) is 10.6. The molecular weight excluding hydrogens is 480 g/mol. The Morgan fingerprint density at radius 2 is 0.800 bits per heavy atom. The first-order valence-corrected chi connectivity index (χ1v) is 13.9. The molecule has 8 rings (SSSR count). The van der Waals surface area contributed by atoms with Crippen LogP contribution in [0.15, 0.2) is 158 Å². The van der Waals surface area contributed by atoms with Crippen LogP contribution in [0, 0.1) is 0 Å². The SMILES string of the molecule is c1ccc2cc(-c3ccc4c(c3)c(-c3ccc(-c5cccc6ccccc56)cc3)cc3ccccc34)ccc2c1. The third-order valence-electron chi connectivity index (χ3n) is 8.24. The highest BCUT2D eigenvalue weighted by molar-refractivity contribution is 6.15. The molecule has 0 aliphatic heterocycles. The van der Waals surface area contributed by atoms with Crippen LogP contribution in [0.2, 0.25) is 0 Å². The van der Waals surface area contributed by atoms with Crippen molar-refractivity contribution in [2.75, 3.05) is 0 Å². The van der Waals surface area contributed by atoms with Crippen LogP contribution < -0.4 is 0 Å². The van der Waals surface area contributed by atoms with Crippen molar-refractivity contribution in [3.63, 3.8) is 0 Å². The number of rotatable bonds is 3. The van der Waals surface area contributed by atoms with Crippen molar-refractivity contribution in [3.8, 4) is 33.4 Å². The molecule has 0 aliphatic carbocycles. The van der Waals surface area contributed by atoms with Crippen LogP contribution in [0.4, 0.5) is 0 Å². The van der Waals surface area contributed by atoms with Crippen molar-refractivity contribution >= 4 is 43.1 Å². The van der Waals surface area contributed by atoms with Gasteiger partial charge in [-0.3, -0.25) is 0 Å². The summed E-state index contributed by atoms with van der Waals surface area (Å²) in [5, 5.41) is 10.2. The molecule has 0 radical (unpaired) electrons. The monoisotopic (exact) mass is 506 g/mol. The highest BCUT2D eigenvalue weighted by Crippen LogP contribution is 2.39. The van der Waals surface area contributed by atoms with Crippen molar-refractivity contribution in [3.05, 3.63) is 158 Å². The average Bonchev–Trinajstić information content (AvgIpc) is 3.04. The van der Waals surface area contributed by atoms with E-state index < -0.39 is 0 Å². The Bertz CT molecular complexity index is 2190. The van der Waals surface area contributed by atoms with E-state index >= 15 is 0 Å². The third-order valence-corrected chi connectivity index (χ3v) is 8.24. The molecule has 0 saturated heterocycles. The van der Waals surface area contributed by atoms with Gasteiger partial charge in [-0.15, -0.1) is 0 Å². The number of hydrogen-bond acceptors (Lipinski definition) is 0. The first-order chi connectivity index (χ1) is 19.8. The molecule has 0 amide bonds. The maximum Gasteiger partial charge on any atom is -0.00928 e. The summed E-state index contributed by atoms with van der Waals surface area (Å²) in [6.07, 6.45) is 0. The van der Waals surface area contributed by atoms with Crippen molar-refractivity contribution < 1.29 is 0 Å². The molecule has 8 aromatic rings. The summed E-state index contributed by atoms with van der Waals surface area (Å²) in [5.74, 6) is 0. The van der Waals surface area contributed by atoms with E-state index in [-0.39, 0.29) is 0 Å². The predicted molar refractivity (Wildman–Crippen MR) is 173 cm³/mol. The fourth-order valence-electron chi connectivity index (χ4n) is 6.20. The Kier molecular flexibility index (Phi) is 5.24. The van der Waals surface area contributed by atoms with Crippen LogP contribution in [-0.2, 0) is 0 Å². The molecule has 40 heavy (non-hydrogen) atoms. The third kappa shape index (κ3) is 3.77. The summed E-state index contributed by atoms with van der Waals surface area (Å²) in [7, 11) is 0. The van der Waals surface area contributed by atoms with Gasteiger partial charge in [-0.1, -0.05) is 140 Å². The van der Waals surface area contributed by atoms with E-state index in [4.69, 9.17) is 0 Å². The molecule has 0 heterocycles. The quantitative estimate of drug-likeness (QED) is 0.209. The Morgan fingerprint density at radius 1 is 0.225 bits per heavy atom. The minimum atomic E-state index is 1.23. The molecule has 8 aromatic carbocycles. The van der Waals surface area contributed by atoms with Crippen LogP contribution in [-0.4, -0.2) is 0 Å². The second-order valence-corrected chi connectivity index (χ2v) is 10.6. The van der Waals surface area contributed by atoms with Gasteiger partial charge < -0.3 is 0 Å². The van der Waals surface area contributed by atoms with Gasteiger partial charge >= 0.3 is 0 Å². The van der Waals surface area contributed by atoms with Crippen LogP contribution in [0.5, 0.6) is 0 Å². The molecule has 0 fully saturated rings. The smallest absolute Gasteiger partial charge is 0.00928 e. The molecule has 0 atom stereocenters. The first-order valence-electron chi connectivity index (χ1n) is 13.9. The van der Waals surface area contributed by atoms with Gasteiger partial charge in [0.1, 0.15) is 0 Å². The zero-order chi connectivity index (χ0) is 26.5. The van der Waals surface area contributed by atoms with E-state index in [0.29, 0.717) is 0 Å². The fourth-order valence-corrected chi connectivity index (χ4v) is 6.20. The molecule has 0 saturated carbocycles. The molecule has 186 valence electrons. The minimum absolute atomic E-state index is 1.23. The Balaban J connectivity index is 1.31. The molecule has 0 spiro atoms. The summed E-state index contributed by atoms with van der Waals surface area (Å²) in [6.45, 7) is 0. The Morgan fingerprint density at radius 3 is 1.62 bits per heavy atom. The molecular formula is C40H26. The lowest BCUT2D eigenvalue weighted by Gasteiger charge is -2.14. The second kappa shape index (κ2) is 9.22. The van der Waals surface area contributed by atoms with Crippen molar-refractivity contribution in [2.45, 2.75) is 0 Å². The summed E-state index contributed by atoms with van der Waals surface area (Å²) in [4.78, 5) is 0. The lowest BCUT2D eigenvalue weighted by atomic mass is 9.90. The van der Waals surface area contributed by atoms with Crippen LogP contribution in [0.25, 0.3) is 76.5 Å². The van der Waals surface area contributed by atoms with Gasteiger partial charge in [0.05, 0.1) is 0 Å². The summed E-state index contributed by atoms with van der Waals surface area (Å²) >= 11 is 0. The van der Waals surface area contributed by atoms with E-state index in [2.05, 4.69) is 158 Å².